The van der Waals surface area contributed by atoms with Crippen LogP contribution in [0.2, 0.25) is 0 Å². The van der Waals surface area contributed by atoms with Crippen molar-refractivity contribution in [1.82, 2.24) is 4.57 Å². The molecule has 0 saturated heterocycles. The molecular formula is C54H35FN2S. The van der Waals surface area contributed by atoms with E-state index in [9.17, 15) is 4.39 Å². The van der Waals surface area contributed by atoms with Crippen molar-refractivity contribution >= 4 is 70.4 Å². The molecule has 4 heteroatoms. The summed E-state index contributed by atoms with van der Waals surface area (Å²) in [6.07, 6.45) is 0. The molecule has 58 heavy (non-hydrogen) atoms. The minimum Gasteiger partial charge on any atom is -0.310 e. The zero-order valence-electron chi connectivity index (χ0n) is 31.4. The second-order valence-electron chi connectivity index (χ2n) is 14.7. The smallest absolute Gasteiger partial charge is 0.125 e. The summed E-state index contributed by atoms with van der Waals surface area (Å²) in [7, 11) is 0. The van der Waals surface area contributed by atoms with E-state index in [4.69, 9.17) is 0 Å². The number of aromatic nitrogens is 1. The summed E-state index contributed by atoms with van der Waals surface area (Å²) < 4.78 is 19.6. The number of halogens is 1. The molecule has 0 spiro atoms. The first-order valence-electron chi connectivity index (χ1n) is 19.5. The number of hydrogen-bond acceptors (Lipinski definition) is 2. The number of fused-ring (bicyclic) bond motifs is 6. The first kappa shape index (κ1) is 34.0. The molecule has 0 unspecified atom stereocenters. The highest BCUT2D eigenvalue weighted by Crippen LogP contribution is 2.41. The van der Waals surface area contributed by atoms with Crippen LogP contribution in [0.25, 0.3) is 81.0 Å². The van der Waals surface area contributed by atoms with Crippen molar-refractivity contribution in [1.29, 1.82) is 0 Å². The molecule has 0 aliphatic heterocycles. The monoisotopic (exact) mass is 762 g/mol. The van der Waals surface area contributed by atoms with Gasteiger partial charge in [-0.25, -0.2) is 4.39 Å². The molecule has 11 aromatic rings. The van der Waals surface area contributed by atoms with E-state index in [0.717, 1.165) is 61.2 Å². The summed E-state index contributed by atoms with van der Waals surface area (Å²) in [5.74, 6) is -0.250. The molecular weight excluding hydrogens is 728 g/mol. The van der Waals surface area contributed by atoms with E-state index in [1.165, 1.54) is 36.9 Å². The first-order chi connectivity index (χ1) is 28.7. The number of thiophene rings is 1. The van der Waals surface area contributed by atoms with Gasteiger partial charge in [-0.15, -0.1) is 11.3 Å². The molecule has 9 aromatic carbocycles. The van der Waals surface area contributed by atoms with Crippen LogP contribution in [0.3, 0.4) is 0 Å². The maximum Gasteiger partial charge on any atom is 0.125 e. The Morgan fingerprint density at radius 2 is 0.948 bits per heavy atom. The Balaban J connectivity index is 1.00. The molecule has 0 fully saturated rings. The highest BCUT2D eigenvalue weighted by Gasteiger charge is 2.18. The van der Waals surface area contributed by atoms with Gasteiger partial charge in [-0.2, -0.15) is 0 Å². The molecule has 11 rings (SSSR count). The van der Waals surface area contributed by atoms with Gasteiger partial charge in [-0.3, -0.25) is 0 Å². The topological polar surface area (TPSA) is 8.17 Å². The summed E-state index contributed by atoms with van der Waals surface area (Å²) in [5.41, 5.74) is 12.9. The summed E-state index contributed by atoms with van der Waals surface area (Å²) in [5, 5.41) is 4.75. The molecule has 0 atom stereocenters. The van der Waals surface area contributed by atoms with Crippen molar-refractivity contribution in [2.75, 3.05) is 4.90 Å². The van der Waals surface area contributed by atoms with Crippen molar-refractivity contribution in [3.8, 4) is 39.1 Å². The average molecular weight is 763 g/mol. The quantitative estimate of drug-likeness (QED) is 0.157. The molecule has 0 aliphatic rings. The summed E-state index contributed by atoms with van der Waals surface area (Å²) >= 11 is 1.85. The van der Waals surface area contributed by atoms with E-state index in [0.29, 0.717) is 0 Å². The van der Waals surface area contributed by atoms with Gasteiger partial charge in [0, 0.05) is 53.6 Å². The fraction of sp³-hybridized carbons (Fsp3) is 0. The van der Waals surface area contributed by atoms with Gasteiger partial charge in [0.25, 0.3) is 0 Å². The summed E-state index contributed by atoms with van der Waals surface area (Å²) in [6.45, 7) is 0. The second kappa shape index (κ2) is 14.0. The van der Waals surface area contributed by atoms with Crippen LogP contribution < -0.4 is 4.90 Å². The molecule has 0 bridgehead atoms. The van der Waals surface area contributed by atoms with Gasteiger partial charge >= 0.3 is 0 Å². The lowest BCUT2D eigenvalue weighted by Gasteiger charge is -2.26. The molecule has 0 amide bonds. The minimum absolute atomic E-state index is 0.250. The van der Waals surface area contributed by atoms with Crippen molar-refractivity contribution in [2.45, 2.75) is 0 Å². The fourth-order valence-electron chi connectivity index (χ4n) is 8.52. The van der Waals surface area contributed by atoms with Crippen molar-refractivity contribution in [2.24, 2.45) is 0 Å². The van der Waals surface area contributed by atoms with Crippen LogP contribution in [0.1, 0.15) is 0 Å². The highest BCUT2D eigenvalue weighted by atomic mass is 32.1. The lowest BCUT2D eigenvalue weighted by Crippen LogP contribution is -2.10. The fourth-order valence-corrected chi connectivity index (χ4v) is 9.66. The molecule has 2 heterocycles. The predicted octanol–water partition coefficient (Wildman–Crippen LogP) is 15.8. The number of anilines is 3. The van der Waals surface area contributed by atoms with Gasteiger partial charge in [-0.05, 0) is 107 Å². The third-order valence-electron chi connectivity index (χ3n) is 11.3. The lowest BCUT2D eigenvalue weighted by molar-refractivity contribution is 0.629. The first-order valence-corrected chi connectivity index (χ1v) is 20.3. The van der Waals surface area contributed by atoms with Gasteiger partial charge in [-0.1, -0.05) is 133 Å². The van der Waals surface area contributed by atoms with Crippen LogP contribution in [0, 0.1) is 5.82 Å². The molecule has 0 N–H and O–H groups in total. The van der Waals surface area contributed by atoms with Crippen LogP contribution in [0.4, 0.5) is 21.5 Å². The Kier molecular flexibility index (Phi) is 8.23. The van der Waals surface area contributed by atoms with Crippen LogP contribution in [-0.2, 0) is 0 Å². The van der Waals surface area contributed by atoms with Gasteiger partial charge < -0.3 is 9.47 Å². The normalized spacial score (nSPS) is 11.5. The zero-order chi connectivity index (χ0) is 38.6. The number of para-hydroxylation sites is 2. The SMILES string of the molecule is Fc1ccc2c3ccccc3n(-c3ccccc3-c3ccc(N(c4ccc(-c5ccc6c(c5)sc5ccccc56)cc4)c4cccc(-c5ccccc5)c4)cc3)c2c1. The molecule has 274 valence electrons. The Labute approximate surface area is 339 Å². The Morgan fingerprint density at radius 1 is 0.362 bits per heavy atom. The number of rotatable bonds is 7. The molecule has 0 saturated carbocycles. The number of hydrogen-bond donors (Lipinski definition) is 0. The molecule has 2 aromatic heterocycles. The van der Waals surface area contributed by atoms with E-state index in [1.54, 1.807) is 12.1 Å². The Morgan fingerprint density at radius 3 is 1.78 bits per heavy atom. The van der Waals surface area contributed by atoms with Gasteiger partial charge in [0.15, 0.2) is 0 Å². The second-order valence-corrected chi connectivity index (χ2v) is 15.8. The van der Waals surface area contributed by atoms with E-state index >= 15 is 0 Å². The summed E-state index contributed by atoms with van der Waals surface area (Å²) in [6, 6.07) is 74.3. The zero-order valence-corrected chi connectivity index (χ0v) is 32.2. The van der Waals surface area contributed by atoms with E-state index in [1.807, 2.05) is 29.5 Å². The third kappa shape index (κ3) is 5.85. The van der Waals surface area contributed by atoms with Crippen LogP contribution in [0.15, 0.2) is 212 Å². The molecule has 2 nitrogen and oxygen atoms in total. The van der Waals surface area contributed by atoms with Crippen LogP contribution in [0.5, 0.6) is 0 Å². The predicted molar refractivity (Wildman–Crippen MR) is 245 cm³/mol. The van der Waals surface area contributed by atoms with E-state index < -0.39 is 0 Å². The van der Waals surface area contributed by atoms with E-state index in [2.05, 4.69) is 191 Å². The molecule has 0 radical (unpaired) electrons. The standard InChI is InChI=1S/C54H35FN2S/c55-41-26-32-47-46-16-5-8-19-51(46)57(52(47)35-41)50-18-7-4-15-45(50)38-23-29-43(30-24-38)56(44-14-10-13-39(33-44)36-11-2-1-3-12-36)42-27-21-37(22-28-42)40-25-31-49-48-17-6-9-20-53(48)58-54(49)34-40/h1-35H. The lowest BCUT2D eigenvalue weighted by atomic mass is 10.0. The van der Waals surface area contributed by atoms with Crippen molar-refractivity contribution < 1.29 is 4.39 Å². The van der Waals surface area contributed by atoms with Gasteiger partial charge in [0.05, 0.1) is 16.7 Å². The summed E-state index contributed by atoms with van der Waals surface area (Å²) in [4.78, 5) is 2.33. The van der Waals surface area contributed by atoms with Crippen LogP contribution >= 0.6 is 11.3 Å². The van der Waals surface area contributed by atoms with Crippen LogP contribution in [-0.4, -0.2) is 4.57 Å². The van der Waals surface area contributed by atoms with Crippen molar-refractivity contribution in [3.63, 3.8) is 0 Å². The Hall–Kier alpha value is -7.27. The largest absolute Gasteiger partial charge is 0.310 e. The van der Waals surface area contributed by atoms with E-state index in [-0.39, 0.29) is 5.82 Å². The maximum absolute atomic E-state index is 14.8. The molecule has 0 aliphatic carbocycles. The van der Waals surface area contributed by atoms with Gasteiger partial charge in [0.2, 0.25) is 0 Å². The minimum atomic E-state index is -0.250. The number of benzene rings is 9. The average Bonchev–Trinajstić information content (AvgIpc) is 3.82. The maximum atomic E-state index is 14.8. The van der Waals surface area contributed by atoms with Crippen molar-refractivity contribution in [3.05, 3.63) is 218 Å². The number of nitrogens with zero attached hydrogens (tertiary/aromatic N) is 2. The Bertz CT molecular complexity index is 3290. The third-order valence-corrected chi connectivity index (χ3v) is 12.4. The van der Waals surface area contributed by atoms with Gasteiger partial charge in [0.1, 0.15) is 5.82 Å². The highest BCUT2D eigenvalue weighted by molar-refractivity contribution is 7.25.